The smallest absolute Gasteiger partial charge is 0.234 e. The van der Waals surface area contributed by atoms with Crippen LogP contribution in [0.25, 0.3) is 0 Å². The first-order valence-electron chi connectivity index (χ1n) is 10.2. The van der Waals surface area contributed by atoms with Gasteiger partial charge in [0.1, 0.15) is 5.82 Å². The molecule has 0 atom stereocenters. The van der Waals surface area contributed by atoms with Crippen molar-refractivity contribution >= 4 is 50.9 Å². The highest BCUT2D eigenvalue weighted by Gasteiger charge is 2.17. The molecule has 0 aliphatic heterocycles. The lowest BCUT2D eigenvalue weighted by molar-refractivity contribution is -0.116. The fourth-order valence-corrected chi connectivity index (χ4v) is 4.78. The maximum atomic E-state index is 12.5. The second-order valence-electron chi connectivity index (χ2n) is 7.49. The summed E-state index contributed by atoms with van der Waals surface area (Å²) in [6.07, 6.45) is 0.110. The molecule has 0 fully saturated rings. The quantitative estimate of drug-likeness (QED) is 0.416. The molecule has 32 heavy (non-hydrogen) atoms. The number of amides is 2. The molecule has 0 bridgehead atoms. The van der Waals surface area contributed by atoms with Crippen molar-refractivity contribution < 1.29 is 9.59 Å². The standard InChI is InChI=1S/C23H26BrN5O2S/c1-5-29-19(12-20(30)25-18-8-6-14(2)7-9-18)27-28-23(29)32-13-21(31)26-22-15(3)10-17(24)11-16(22)4/h6-11H,5,12-13H2,1-4H3,(H,25,30)(H,26,31). The number of carbonyl (C=O) groups excluding carboxylic acids is 2. The van der Waals surface area contributed by atoms with Crippen LogP contribution in [0.5, 0.6) is 0 Å². The molecule has 1 heterocycles. The average Bonchev–Trinajstić information content (AvgIpc) is 3.12. The Hall–Kier alpha value is -2.65. The highest BCUT2D eigenvalue weighted by Crippen LogP contribution is 2.26. The second kappa shape index (κ2) is 10.8. The van der Waals surface area contributed by atoms with Gasteiger partial charge >= 0.3 is 0 Å². The normalized spacial score (nSPS) is 10.8. The first kappa shape index (κ1) is 24.0. The van der Waals surface area contributed by atoms with Crippen LogP contribution in [0.3, 0.4) is 0 Å². The molecule has 0 unspecified atom stereocenters. The zero-order valence-corrected chi connectivity index (χ0v) is 20.9. The first-order chi connectivity index (χ1) is 15.3. The molecular weight excluding hydrogens is 490 g/mol. The molecule has 9 heteroatoms. The van der Waals surface area contributed by atoms with E-state index < -0.39 is 0 Å². The summed E-state index contributed by atoms with van der Waals surface area (Å²) in [6, 6.07) is 11.6. The number of hydrogen-bond donors (Lipinski definition) is 2. The lowest BCUT2D eigenvalue weighted by Gasteiger charge is -2.12. The third kappa shape index (κ3) is 6.20. The number of carbonyl (C=O) groups is 2. The minimum absolute atomic E-state index is 0.110. The minimum atomic E-state index is -0.161. The number of hydrogen-bond acceptors (Lipinski definition) is 5. The molecule has 0 aliphatic carbocycles. The molecule has 0 saturated heterocycles. The van der Waals surface area contributed by atoms with E-state index in [-0.39, 0.29) is 24.0 Å². The third-order valence-corrected chi connectivity index (χ3v) is 6.28. The Morgan fingerprint density at radius 1 is 1.00 bits per heavy atom. The molecule has 7 nitrogen and oxygen atoms in total. The SMILES string of the molecule is CCn1c(CC(=O)Nc2ccc(C)cc2)nnc1SCC(=O)Nc1c(C)cc(Br)cc1C. The number of halogens is 1. The summed E-state index contributed by atoms with van der Waals surface area (Å²) < 4.78 is 2.85. The van der Waals surface area contributed by atoms with Crippen molar-refractivity contribution in [2.75, 3.05) is 16.4 Å². The number of benzene rings is 2. The van der Waals surface area contributed by atoms with E-state index >= 15 is 0 Å². The highest BCUT2D eigenvalue weighted by atomic mass is 79.9. The van der Waals surface area contributed by atoms with Gasteiger partial charge < -0.3 is 15.2 Å². The maximum absolute atomic E-state index is 12.5. The van der Waals surface area contributed by atoms with Gasteiger partial charge in [0.05, 0.1) is 12.2 Å². The van der Waals surface area contributed by atoms with Crippen LogP contribution >= 0.6 is 27.7 Å². The molecule has 0 radical (unpaired) electrons. The molecule has 2 amide bonds. The molecule has 2 aromatic carbocycles. The molecule has 0 aliphatic rings. The topological polar surface area (TPSA) is 88.9 Å². The van der Waals surface area contributed by atoms with Crippen molar-refractivity contribution in [2.45, 2.75) is 45.8 Å². The van der Waals surface area contributed by atoms with E-state index in [1.807, 2.05) is 68.7 Å². The zero-order valence-electron chi connectivity index (χ0n) is 18.5. The summed E-state index contributed by atoms with van der Waals surface area (Å²) in [5.74, 6) is 0.488. The zero-order chi connectivity index (χ0) is 23.3. The van der Waals surface area contributed by atoms with Gasteiger partial charge in [-0.25, -0.2) is 0 Å². The van der Waals surface area contributed by atoms with Gasteiger partial charge in [-0.2, -0.15) is 0 Å². The lowest BCUT2D eigenvalue weighted by atomic mass is 10.1. The summed E-state index contributed by atoms with van der Waals surface area (Å²) in [5.41, 5.74) is 4.68. The van der Waals surface area contributed by atoms with Crippen molar-refractivity contribution in [1.82, 2.24) is 14.8 Å². The number of rotatable bonds is 8. The summed E-state index contributed by atoms with van der Waals surface area (Å²) in [7, 11) is 0. The average molecular weight is 516 g/mol. The summed E-state index contributed by atoms with van der Waals surface area (Å²) in [4.78, 5) is 25.0. The predicted molar refractivity (Wildman–Crippen MR) is 132 cm³/mol. The second-order valence-corrected chi connectivity index (χ2v) is 9.34. The van der Waals surface area contributed by atoms with Gasteiger partial charge in [0.2, 0.25) is 11.8 Å². The number of anilines is 2. The van der Waals surface area contributed by atoms with Crippen LogP contribution in [-0.2, 0) is 22.6 Å². The van der Waals surface area contributed by atoms with Crippen molar-refractivity contribution in [1.29, 1.82) is 0 Å². The Balaban J connectivity index is 1.60. The first-order valence-corrected chi connectivity index (χ1v) is 12.0. The fourth-order valence-electron chi connectivity index (χ4n) is 3.27. The number of nitrogens with zero attached hydrogens (tertiary/aromatic N) is 3. The Morgan fingerprint density at radius 2 is 1.66 bits per heavy atom. The van der Waals surface area contributed by atoms with Gasteiger partial charge in [0.15, 0.2) is 5.16 Å². The Labute approximate surface area is 200 Å². The molecular formula is C23H26BrN5O2S. The number of nitrogens with one attached hydrogen (secondary N) is 2. The van der Waals surface area contributed by atoms with Gasteiger partial charge in [-0.1, -0.05) is 45.4 Å². The molecule has 3 rings (SSSR count). The van der Waals surface area contributed by atoms with Crippen molar-refractivity contribution in [3.8, 4) is 0 Å². The lowest BCUT2D eigenvalue weighted by Crippen LogP contribution is -2.18. The largest absolute Gasteiger partial charge is 0.326 e. The molecule has 0 saturated carbocycles. The Morgan fingerprint density at radius 3 is 2.28 bits per heavy atom. The van der Waals surface area contributed by atoms with Gasteiger partial charge in [-0.3, -0.25) is 9.59 Å². The molecule has 0 spiro atoms. The van der Waals surface area contributed by atoms with E-state index in [0.29, 0.717) is 17.5 Å². The van der Waals surface area contributed by atoms with Crippen LogP contribution in [0, 0.1) is 20.8 Å². The van der Waals surface area contributed by atoms with E-state index in [2.05, 4.69) is 36.8 Å². The van der Waals surface area contributed by atoms with Crippen LogP contribution in [0.4, 0.5) is 11.4 Å². The van der Waals surface area contributed by atoms with E-state index in [1.165, 1.54) is 11.8 Å². The van der Waals surface area contributed by atoms with Crippen LogP contribution in [-0.4, -0.2) is 32.3 Å². The molecule has 2 N–H and O–H groups in total. The highest BCUT2D eigenvalue weighted by molar-refractivity contribution is 9.10. The van der Waals surface area contributed by atoms with Crippen molar-refractivity contribution in [2.24, 2.45) is 0 Å². The Kier molecular flexibility index (Phi) is 8.09. The van der Waals surface area contributed by atoms with Crippen LogP contribution in [0.15, 0.2) is 46.0 Å². The monoisotopic (exact) mass is 515 g/mol. The van der Waals surface area contributed by atoms with Crippen LogP contribution in [0.1, 0.15) is 29.4 Å². The molecule has 3 aromatic rings. The maximum Gasteiger partial charge on any atom is 0.234 e. The van der Waals surface area contributed by atoms with Gasteiger partial charge in [0, 0.05) is 22.4 Å². The minimum Gasteiger partial charge on any atom is -0.326 e. The Bertz CT molecular complexity index is 1100. The number of thioether (sulfide) groups is 1. The van der Waals surface area contributed by atoms with Crippen molar-refractivity contribution in [3.63, 3.8) is 0 Å². The van der Waals surface area contributed by atoms with Crippen LogP contribution < -0.4 is 10.6 Å². The van der Waals surface area contributed by atoms with Gasteiger partial charge in [-0.05, 0) is 63.1 Å². The summed E-state index contributed by atoms with van der Waals surface area (Å²) >= 11 is 4.77. The number of aromatic nitrogens is 3. The van der Waals surface area contributed by atoms with E-state index in [4.69, 9.17) is 0 Å². The third-order valence-electron chi connectivity index (χ3n) is 4.86. The summed E-state index contributed by atoms with van der Waals surface area (Å²) in [5, 5.41) is 14.8. The van der Waals surface area contributed by atoms with Crippen LogP contribution in [0.2, 0.25) is 0 Å². The van der Waals surface area contributed by atoms with E-state index in [1.54, 1.807) is 0 Å². The molecule has 168 valence electrons. The predicted octanol–water partition coefficient (Wildman–Crippen LogP) is 4.90. The molecule has 1 aromatic heterocycles. The summed E-state index contributed by atoms with van der Waals surface area (Å²) in [6.45, 7) is 8.48. The van der Waals surface area contributed by atoms with E-state index in [0.717, 1.165) is 32.5 Å². The van der Waals surface area contributed by atoms with E-state index in [9.17, 15) is 9.59 Å². The van der Waals surface area contributed by atoms with Crippen molar-refractivity contribution in [3.05, 3.63) is 63.4 Å². The van der Waals surface area contributed by atoms with Gasteiger partial charge in [0.25, 0.3) is 0 Å². The van der Waals surface area contributed by atoms with Gasteiger partial charge in [-0.15, -0.1) is 10.2 Å². The fraction of sp³-hybridized carbons (Fsp3) is 0.304. The number of aryl methyl sites for hydroxylation is 3.